The molecule has 0 aliphatic carbocycles. The SMILES string of the molecule is C=C(C)CN1CCn2cnnc2-c2sc3ccc([N+](=O)[O-])cc3c21. The normalized spacial score (nSPS) is 13.5. The van der Waals surface area contributed by atoms with Gasteiger partial charge in [0.05, 0.1) is 15.5 Å². The fourth-order valence-corrected chi connectivity index (χ4v) is 4.28. The molecule has 7 nitrogen and oxygen atoms in total. The second-order valence-electron chi connectivity index (χ2n) is 5.94. The third-order valence-corrected chi connectivity index (χ3v) is 5.22. The van der Waals surface area contributed by atoms with Crippen molar-refractivity contribution in [3.05, 3.63) is 46.8 Å². The topological polar surface area (TPSA) is 77.1 Å². The Morgan fingerprint density at radius 1 is 1.46 bits per heavy atom. The number of benzene rings is 1. The predicted molar refractivity (Wildman–Crippen MR) is 94.5 cm³/mol. The number of rotatable bonds is 3. The number of hydrogen-bond acceptors (Lipinski definition) is 6. The van der Waals surface area contributed by atoms with Crippen molar-refractivity contribution in [1.82, 2.24) is 14.8 Å². The van der Waals surface area contributed by atoms with Gasteiger partial charge in [-0.25, -0.2) is 0 Å². The molecule has 1 aliphatic rings. The number of aromatic nitrogens is 3. The average molecular weight is 341 g/mol. The maximum Gasteiger partial charge on any atom is 0.270 e. The van der Waals surface area contributed by atoms with E-state index in [1.807, 2.05) is 17.6 Å². The first-order chi connectivity index (χ1) is 11.5. The molecule has 0 saturated carbocycles. The van der Waals surface area contributed by atoms with E-state index in [-0.39, 0.29) is 10.6 Å². The highest BCUT2D eigenvalue weighted by atomic mass is 32.1. The first-order valence-corrected chi connectivity index (χ1v) is 8.34. The Hall–Kier alpha value is -2.74. The van der Waals surface area contributed by atoms with Crippen LogP contribution in [0.4, 0.5) is 11.4 Å². The Morgan fingerprint density at radius 3 is 3.04 bits per heavy atom. The third kappa shape index (κ3) is 2.26. The van der Waals surface area contributed by atoms with Crippen LogP contribution >= 0.6 is 11.3 Å². The molecule has 0 spiro atoms. The van der Waals surface area contributed by atoms with E-state index in [0.717, 1.165) is 45.1 Å². The van der Waals surface area contributed by atoms with Gasteiger partial charge in [-0.3, -0.25) is 10.1 Å². The molecule has 1 aromatic carbocycles. The van der Waals surface area contributed by atoms with Gasteiger partial charge in [-0.1, -0.05) is 12.2 Å². The molecular formula is C16H15N5O2S. The van der Waals surface area contributed by atoms with Crippen molar-refractivity contribution < 1.29 is 4.92 Å². The largest absolute Gasteiger partial charge is 0.364 e. The zero-order valence-corrected chi connectivity index (χ0v) is 13.9. The number of hydrogen-bond donors (Lipinski definition) is 0. The van der Waals surface area contributed by atoms with Crippen LogP contribution in [-0.2, 0) is 6.54 Å². The number of nitro groups is 1. The number of nitro benzene ring substituents is 1. The van der Waals surface area contributed by atoms with Crippen molar-refractivity contribution in [2.75, 3.05) is 18.0 Å². The van der Waals surface area contributed by atoms with Gasteiger partial charge < -0.3 is 9.47 Å². The minimum absolute atomic E-state index is 0.101. The number of non-ortho nitro benzene ring substituents is 1. The molecule has 122 valence electrons. The third-order valence-electron chi connectivity index (χ3n) is 4.06. The standard InChI is InChI=1S/C16H15N5O2S/c1-10(2)8-19-5-6-20-9-17-18-16(20)15-14(19)12-7-11(21(22)23)3-4-13(12)24-15/h3-4,7,9H,1,5-6,8H2,2H3. The maximum atomic E-state index is 11.2. The van der Waals surface area contributed by atoms with Crippen LogP contribution in [0, 0.1) is 10.1 Å². The highest BCUT2D eigenvalue weighted by Crippen LogP contribution is 2.46. The first kappa shape index (κ1) is 14.8. The van der Waals surface area contributed by atoms with Gasteiger partial charge in [0.1, 0.15) is 6.33 Å². The highest BCUT2D eigenvalue weighted by molar-refractivity contribution is 7.23. The first-order valence-electron chi connectivity index (χ1n) is 7.53. The Balaban J connectivity index is 2.00. The van der Waals surface area contributed by atoms with E-state index in [4.69, 9.17) is 0 Å². The lowest BCUT2D eigenvalue weighted by atomic mass is 10.1. The van der Waals surface area contributed by atoms with Gasteiger partial charge in [0.15, 0.2) is 5.82 Å². The van der Waals surface area contributed by atoms with E-state index in [0.29, 0.717) is 6.54 Å². The summed E-state index contributed by atoms with van der Waals surface area (Å²) in [6, 6.07) is 5.01. The van der Waals surface area contributed by atoms with Crippen molar-refractivity contribution in [2.24, 2.45) is 0 Å². The molecule has 24 heavy (non-hydrogen) atoms. The summed E-state index contributed by atoms with van der Waals surface area (Å²) in [5.41, 5.74) is 2.14. The molecule has 0 radical (unpaired) electrons. The van der Waals surface area contributed by atoms with Crippen LogP contribution in [0.1, 0.15) is 6.92 Å². The summed E-state index contributed by atoms with van der Waals surface area (Å²) < 4.78 is 3.04. The minimum atomic E-state index is -0.355. The predicted octanol–water partition coefficient (Wildman–Crippen LogP) is 3.46. The Morgan fingerprint density at radius 2 is 2.29 bits per heavy atom. The van der Waals surface area contributed by atoms with Crippen LogP contribution in [0.15, 0.2) is 36.7 Å². The van der Waals surface area contributed by atoms with E-state index in [1.54, 1.807) is 29.8 Å². The summed E-state index contributed by atoms with van der Waals surface area (Å²) in [5.74, 6) is 0.818. The summed E-state index contributed by atoms with van der Waals surface area (Å²) in [7, 11) is 0. The molecule has 3 heterocycles. The Labute approximate surface area is 142 Å². The van der Waals surface area contributed by atoms with Crippen molar-refractivity contribution in [3.63, 3.8) is 0 Å². The van der Waals surface area contributed by atoms with Crippen molar-refractivity contribution >= 4 is 32.8 Å². The molecule has 0 N–H and O–H groups in total. The van der Waals surface area contributed by atoms with Crippen molar-refractivity contribution in [3.8, 4) is 10.7 Å². The van der Waals surface area contributed by atoms with Gasteiger partial charge in [0.2, 0.25) is 0 Å². The Bertz CT molecular complexity index is 974. The number of fused-ring (bicyclic) bond motifs is 5. The summed E-state index contributed by atoms with van der Waals surface area (Å²) in [6.45, 7) is 8.26. The summed E-state index contributed by atoms with van der Waals surface area (Å²) in [5, 5.41) is 20.4. The molecule has 0 fully saturated rings. The molecule has 0 atom stereocenters. The average Bonchev–Trinajstić information content (AvgIpc) is 3.11. The van der Waals surface area contributed by atoms with Crippen LogP contribution in [0.5, 0.6) is 0 Å². The zero-order valence-electron chi connectivity index (χ0n) is 13.1. The lowest BCUT2D eigenvalue weighted by molar-refractivity contribution is -0.384. The lowest BCUT2D eigenvalue weighted by Crippen LogP contribution is -2.27. The zero-order chi connectivity index (χ0) is 16.8. The van der Waals surface area contributed by atoms with Crippen LogP contribution in [-0.4, -0.2) is 32.8 Å². The molecule has 2 aromatic heterocycles. The van der Waals surface area contributed by atoms with Crippen molar-refractivity contribution in [2.45, 2.75) is 13.5 Å². The summed E-state index contributed by atoms with van der Waals surface area (Å²) >= 11 is 1.59. The summed E-state index contributed by atoms with van der Waals surface area (Å²) in [6.07, 6.45) is 1.73. The van der Waals surface area contributed by atoms with Gasteiger partial charge >= 0.3 is 0 Å². The fraction of sp³-hybridized carbons (Fsp3) is 0.250. The molecular weight excluding hydrogens is 326 g/mol. The van der Waals surface area contributed by atoms with Crippen molar-refractivity contribution in [1.29, 1.82) is 0 Å². The molecule has 0 amide bonds. The maximum absolute atomic E-state index is 11.2. The van der Waals surface area contributed by atoms with Crippen LogP contribution < -0.4 is 4.90 Å². The Kier molecular flexibility index (Phi) is 3.34. The monoisotopic (exact) mass is 341 g/mol. The van der Waals surface area contributed by atoms with E-state index in [1.165, 1.54) is 0 Å². The van der Waals surface area contributed by atoms with Gasteiger partial charge in [-0.05, 0) is 13.0 Å². The van der Waals surface area contributed by atoms with E-state index < -0.39 is 0 Å². The van der Waals surface area contributed by atoms with Crippen LogP contribution in [0.2, 0.25) is 0 Å². The van der Waals surface area contributed by atoms with Gasteiger partial charge in [0.25, 0.3) is 5.69 Å². The molecule has 4 rings (SSSR count). The van der Waals surface area contributed by atoms with Crippen LogP contribution in [0.3, 0.4) is 0 Å². The summed E-state index contributed by atoms with van der Waals surface area (Å²) in [4.78, 5) is 14.1. The number of anilines is 1. The van der Waals surface area contributed by atoms with Gasteiger partial charge in [0, 0.05) is 41.9 Å². The quantitative estimate of drug-likeness (QED) is 0.414. The van der Waals surface area contributed by atoms with E-state index in [9.17, 15) is 10.1 Å². The van der Waals surface area contributed by atoms with E-state index in [2.05, 4.69) is 21.7 Å². The number of thiophene rings is 1. The second-order valence-corrected chi connectivity index (χ2v) is 7.00. The molecule has 0 bridgehead atoms. The minimum Gasteiger partial charge on any atom is -0.364 e. The molecule has 8 heteroatoms. The second kappa shape index (κ2) is 5.41. The molecule has 1 aliphatic heterocycles. The molecule has 3 aromatic rings. The molecule has 0 saturated heterocycles. The lowest BCUT2D eigenvalue weighted by Gasteiger charge is -2.23. The smallest absolute Gasteiger partial charge is 0.270 e. The highest BCUT2D eigenvalue weighted by Gasteiger charge is 2.27. The van der Waals surface area contributed by atoms with Crippen LogP contribution in [0.25, 0.3) is 20.8 Å². The van der Waals surface area contributed by atoms with Gasteiger partial charge in [-0.15, -0.1) is 21.5 Å². The number of nitrogens with zero attached hydrogens (tertiary/aromatic N) is 5. The fourth-order valence-electron chi connectivity index (χ4n) is 3.07. The van der Waals surface area contributed by atoms with E-state index >= 15 is 0 Å². The molecule has 0 unspecified atom stereocenters. The van der Waals surface area contributed by atoms with Gasteiger partial charge in [-0.2, -0.15) is 0 Å².